The molecule has 1 aromatic heterocycles. The van der Waals surface area contributed by atoms with Crippen LogP contribution in [-0.2, 0) is 4.79 Å². The van der Waals surface area contributed by atoms with E-state index in [9.17, 15) is 4.79 Å². The zero-order valence-corrected chi connectivity index (χ0v) is 15.1. The second kappa shape index (κ2) is 7.07. The Morgan fingerprint density at radius 1 is 1.39 bits per heavy atom. The maximum Gasteiger partial charge on any atom is 0.224 e. The molecule has 2 fully saturated rings. The Hall–Kier alpha value is -1.30. The molecule has 0 aromatic carbocycles. The lowest BCUT2D eigenvalue weighted by atomic mass is 10.0. The van der Waals surface area contributed by atoms with Gasteiger partial charge < -0.3 is 9.80 Å². The lowest BCUT2D eigenvalue weighted by molar-refractivity contribution is -0.133. The molecule has 1 saturated heterocycles. The third-order valence-corrected chi connectivity index (χ3v) is 5.33. The molecule has 1 saturated carbocycles. The van der Waals surface area contributed by atoms with Gasteiger partial charge in [0.2, 0.25) is 5.91 Å². The maximum absolute atomic E-state index is 12.7. The van der Waals surface area contributed by atoms with E-state index in [0.717, 1.165) is 36.5 Å². The van der Waals surface area contributed by atoms with E-state index >= 15 is 0 Å². The van der Waals surface area contributed by atoms with Gasteiger partial charge in [0, 0.05) is 32.3 Å². The van der Waals surface area contributed by atoms with Crippen molar-refractivity contribution < 1.29 is 4.79 Å². The summed E-state index contributed by atoms with van der Waals surface area (Å²) in [7, 11) is 0. The molecule has 0 N–H and O–H groups in total. The highest BCUT2D eigenvalue weighted by Gasteiger charge is 2.35. The van der Waals surface area contributed by atoms with Crippen LogP contribution in [0, 0.1) is 11.8 Å². The number of nitrogens with zero attached hydrogens (tertiary/aromatic N) is 4. The fraction of sp³-hybridized carbons (Fsp3) is 0.706. The van der Waals surface area contributed by atoms with Crippen LogP contribution in [0.1, 0.15) is 33.1 Å². The SMILES string of the molecule is CSc1nccc(N2CCC(=O)N(CC3CC3)[C@@H](C(C)C)C2)n1. The average molecular weight is 334 g/mol. The first-order chi connectivity index (χ1) is 11.1. The van der Waals surface area contributed by atoms with Crippen molar-refractivity contribution in [2.24, 2.45) is 11.8 Å². The number of hydrogen-bond donors (Lipinski definition) is 0. The smallest absolute Gasteiger partial charge is 0.224 e. The molecule has 0 bridgehead atoms. The largest absolute Gasteiger partial charge is 0.354 e. The highest BCUT2D eigenvalue weighted by molar-refractivity contribution is 7.98. The molecule has 1 atom stereocenters. The van der Waals surface area contributed by atoms with E-state index in [4.69, 9.17) is 0 Å². The number of carbonyl (C=O) groups excluding carboxylic acids is 1. The number of anilines is 1. The molecular weight excluding hydrogens is 308 g/mol. The van der Waals surface area contributed by atoms with Crippen molar-refractivity contribution >= 4 is 23.5 Å². The zero-order valence-electron chi connectivity index (χ0n) is 14.2. The van der Waals surface area contributed by atoms with E-state index in [2.05, 4.69) is 33.6 Å². The fourth-order valence-corrected chi connectivity index (χ4v) is 3.53. The van der Waals surface area contributed by atoms with Crippen LogP contribution in [0.25, 0.3) is 0 Å². The molecule has 126 valence electrons. The minimum absolute atomic E-state index is 0.262. The Morgan fingerprint density at radius 2 is 2.17 bits per heavy atom. The van der Waals surface area contributed by atoms with Gasteiger partial charge in [-0.2, -0.15) is 0 Å². The topological polar surface area (TPSA) is 49.3 Å². The van der Waals surface area contributed by atoms with Crippen LogP contribution in [0.15, 0.2) is 17.4 Å². The quantitative estimate of drug-likeness (QED) is 0.612. The highest BCUT2D eigenvalue weighted by atomic mass is 32.2. The van der Waals surface area contributed by atoms with Crippen LogP contribution in [0.3, 0.4) is 0 Å². The molecule has 1 aliphatic carbocycles. The van der Waals surface area contributed by atoms with E-state index in [1.807, 2.05) is 18.5 Å². The van der Waals surface area contributed by atoms with Crippen molar-refractivity contribution in [3.63, 3.8) is 0 Å². The molecule has 0 spiro atoms. The predicted octanol–water partition coefficient (Wildman–Crippen LogP) is 2.67. The highest BCUT2D eigenvalue weighted by Crippen LogP contribution is 2.32. The molecule has 3 rings (SSSR count). The summed E-state index contributed by atoms with van der Waals surface area (Å²) in [5, 5.41) is 0.786. The molecule has 1 aromatic rings. The first-order valence-electron chi connectivity index (χ1n) is 8.50. The molecule has 6 heteroatoms. The Kier molecular flexibility index (Phi) is 5.09. The van der Waals surface area contributed by atoms with Crippen LogP contribution in [0.5, 0.6) is 0 Å². The van der Waals surface area contributed by atoms with Gasteiger partial charge in [-0.25, -0.2) is 9.97 Å². The molecule has 23 heavy (non-hydrogen) atoms. The standard InChI is InChI=1S/C17H26N4OS/c1-12(2)14-11-20(15-6-8-18-17(19-15)23-3)9-7-16(22)21(14)10-13-4-5-13/h6,8,12-14H,4-5,7,9-11H2,1-3H3/t14-/m1/s1. The van der Waals surface area contributed by atoms with E-state index < -0.39 is 0 Å². The number of rotatable bonds is 5. The van der Waals surface area contributed by atoms with Crippen molar-refractivity contribution in [2.75, 3.05) is 30.8 Å². The van der Waals surface area contributed by atoms with Crippen molar-refractivity contribution in [1.29, 1.82) is 0 Å². The van der Waals surface area contributed by atoms with Gasteiger partial charge in [0.05, 0.1) is 6.04 Å². The molecule has 2 aliphatic rings. The second-order valence-electron chi connectivity index (χ2n) is 6.90. The van der Waals surface area contributed by atoms with Gasteiger partial charge in [0.15, 0.2) is 5.16 Å². The van der Waals surface area contributed by atoms with Crippen molar-refractivity contribution in [3.8, 4) is 0 Å². The van der Waals surface area contributed by atoms with Crippen molar-refractivity contribution in [2.45, 2.75) is 44.3 Å². The molecule has 0 unspecified atom stereocenters. The molecule has 2 heterocycles. The van der Waals surface area contributed by atoms with Crippen LogP contribution in [0.4, 0.5) is 5.82 Å². The average Bonchev–Trinajstić information content (AvgIpc) is 3.37. The summed E-state index contributed by atoms with van der Waals surface area (Å²) in [5.41, 5.74) is 0. The van der Waals surface area contributed by atoms with E-state index in [1.165, 1.54) is 12.8 Å². The zero-order chi connectivity index (χ0) is 16.4. The van der Waals surface area contributed by atoms with Crippen molar-refractivity contribution in [1.82, 2.24) is 14.9 Å². The monoisotopic (exact) mass is 334 g/mol. The molecule has 1 amide bonds. The van der Waals surface area contributed by atoms with E-state index in [1.54, 1.807) is 11.8 Å². The summed E-state index contributed by atoms with van der Waals surface area (Å²) in [6.45, 7) is 6.98. The van der Waals surface area contributed by atoms with Crippen LogP contribution >= 0.6 is 11.8 Å². The maximum atomic E-state index is 12.7. The fourth-order valence-electron chi connectivity index (χ4n) is 3.18. The third-order valence-electron chi connectivity index (χ3n) is 4.77. The van der Waals surface area contributed by atoms with Gasteiger partial charge in [-0.3, -0.25) is 4.79 Å². The molecule has 0 radical (unpaired) electrons. The van der Waals surface area contributed by atoms with Crippen LogP contribution < -0.4 is 4.90 Å². The number of thioether (sulfide) groups is 1. The number of carbonyl (C=O) groups is 1. The summed E-state index contributed by atoms with van der Waals surface area (Å²) in [4.78, 5) is 25.9. The van der Waals surface area contributed by atoms with Crippen LogP contribution in [0.2, 0.25) is 0 Å². The Morgan fingerprint density at radius 3 is 2.83 bits per heavy atom. The Labute approximate surface area is 142 Å². The molecule has 5 nitrogen and oxygen atoms in total. The number of amides is 1. The normalized spacial score (nSPS) is 22.6. The Balaban J connectivity index is 1.81. The van der Waals surface area contributed by atoms with E-state index in [0.29, 0.717) is 18.2 Å². The van der Waals surface area contributed by atoms with Gasteiger partial charge in [0.25, 0.3) is 0 Å². The summed E-state index contributed by atoms with van der Waals surface area (Å²) >= 11 is 1.55. The summed E-state index contributed by atoms with van der Waals surface area (Å²) in [6.07, 6.45) is 6.93. The number of hydrogen-bond acceptors (Lipinski definition) is 5. The first kappa shape index (κ1) is 16.6. The first-order valence-corrected chi connectivity index (χ1v) is 9.72. The lowest BCUT2D eigenvalue weighted by Crippen LogP contribution is -2.47. The minimum Gasteiger partial charge on any atom is -0.354 e. The summed E-state index contributed by atoms with van der Waals surface area (Å²) in [6, 6.07) is 2.22. The number of aromatic nitrogens is 2. The molecular formula is C17H26N4OS. The van der Waals surface area contributed by atoms with Gasteiger partial charge in [-0.05, 0) is 37.0 Å². The van der Waals surface area contributed by atoms with Gasteiger partial charge in [-0.15, -0.1) is 0 Å². The lowest BCUT2D eigenvalue weighted by Gasteiger charge is -2.35. The summed E-state index contributed by atoms with van der Waals surface area (Å²) in [5.74, 6) is 2.42. The van der Waals surface area contributed by atoms with E-state index in [-0.39, 0.29) is 6.04 Å². The van der Waals surface area contributed by atoms with Gasteiger partial charge in [0.1, 0.15) is 5.82 Å². The predicted molar refractivity (Wildman–Crippen MR) is 93.7 cm³/mol. The Bertz CT molecular complexity index is 561. The van der Waals surface area contributed by atoms with Crippen molar-refractivity contribution in [3.05, 3.63) is 12.3 Å². The summed E-state index contributed by atoms with van der Waals surface area (Å²) < 4.78 is 0. The van der Waals surface area contributed by atoms with Gasteiger partial charge >= 0.3 is 0 Å². The van der Waals surface area contributed by atoms with Crippen LogP contribution in [-0.4, -0.2) is 52.7 Å². The second-order valence-corrected chi connectivity index (χ2v) is 7.67. The third kappa shape index (κ3) is 3.97. The van der Waals surface area contributed by atoms with Gasteiger partial charge in [-0.1, -0.05) is 25.6 Å². The minimum atomic E-state index is 0.262. The molecule has 1 aliphatic heterocycles.